The molecule has 1 aromatic heterocycles. The number of furan rings is 1. The van der Waals surface area contributed by atoms with Gasteiger partial charge in [-0.1, -0.05) is 60.7 Å². The molecule has 0 bridgehead atoms. The van der Waals surface area contributed by atoms with Gasteiger partial charge in [-0.2, -0.15) is 0 Å². The SMILES string of the molecule is CCOC(=O)Cc1ccccc1OCc1cc(Br)c2oc(Cc3cccc(C(C)OC(=O)Cc4ccccc4O)c3)cc2c1. The molecule has 0 aliphatic heterocycles. The number of benzene rings is 4. The first-order chi connectivity index (χ1) is 21.3. The number of rotatable bonds is 12. The lowest BCUT2D eigenvalue weighted by Gasteiger charge is -2.15. The standard InChI is InChI=1S/C36H33BrO7/c1-3-41-34(39)21-28-11-5-7-14-33(28)42-22-25-16-29-19-30(44-36(29)31(37)18-25)17-24-9-8-12-26(15-24)23(2)43-35(40)20-27-10-4-6-13-32(27)38/h4-16,18-19,23,38H,3,17,20-22H2,1-2H3. The number of hydrogen-bond donors (Lipinski definition) is 1. The Labute approximate surface area is 264 Å². The third-order valence-corrected chi connectivity index (χ3v) is 7.71. The molecule has 44 heavy (non-hydrogen) atoms. The number of para-hydroxylation sites is 2. The molecule has 0 fully saturated rings. The monoisotopic (exact) mass is 656 g/mol. The minimum absolute atomic E-state index is 0.00228. The molecule has 8 heteroatoms. The van der Waals surface area contributed by atoms with Crippen LogP contribution in [0.1, 0.15) is 53.5 Å². The average molecular weight is 658 g/mol. The number of phenols is 1. The molecule has 5 rings (SSSR count). The number of carbonyl (C=O) groups excluding carboxylic acids is 2. The van der Waals surface area contributed by atoms with Crippen LogP contribution in [0.25, 0.3) is 11.0 Å². The largest absolute Gasteiger partial charge is 0.508 e. The third kappa shape index (κ3) is 7.88. The Kier molecular flexibility index (Phi) is 10.0. The molecule has 4 aromatic carbocycles. The van der Waals surface area contributed by atoms with Crippen molar-refractivity contribution in [3.05, 3.63) is 129 Å². The molecular weight excluding hydrogens is 624 g/mol. The van der Waals surface area contributed by atoms with E-state index in [1.54, 1.807) is 31.2 Å². The summed E-state index contributed by atoms with van der Waals surface area (Å²) in [6.07, 6.45) is 0.250. The van der Waals surface area contributed by atoms with Gasteiger partial charge in [0.1, 0.15) is 35.6 Å². The van der Waals surface area contributed by atoms with Crippen LogP contribution in [0, 0.1) is 0 Å². The van der Waals surface area contributed by atoms with Crippen molar-refractivity contribution in [2.24, 2.45) is 0 Å². The smallest absolute Gasteiger partial charge is 0.311 e. The van der Waals surface area contributed by atoms with E-state index in [4.69, 9.17) is 18.6 Å². The lowest BCUT2D eigenvalue weighted by Crippen LogP contribution is -2.11. The van der Waals surface area contributed by atoms with Crippen molar-refractivity contribution in [1.82, 2.24) is 0 Å². The van der Waals surface area contributed by atoms with Crippen LogP contribution in [0.15, 0.2) is 99.9 Å². The number of aromatic hydroxyl groups is 1. The highest BCUT2D eigenvalue weighted by atomic mass is 79.9. The second-order valence-corrected chi connectivity index (χ2v) is 11.3. The van der Waals surface area contributed by atoms with E-state index in [-0.39, 0.29) is 24.6 Å². The van der Waals surface area contributed by atoms with Gasteiger partial charge < -0.3 is 23.7 Å². The van der Waals surface area contributed by atoms with Gasteiger partial charge in [-0.15, -0.1) is 0 Å². The van der Waals surface area contributed by atoms with Crippen LogP contribution in [-0.2, 0) is 44.9 Å². The highest BCUT2D eigenvalue weighted by molar-refractivity contribution is 9.10. The lowest BCUT2D eigenvalue weighted by atomic mass is 10.0. The Morgan fingerprint density at radius 1 is 0.864 bits per heavy atom. The highest BCUT2D eigenvalue weighted by Gasteiger charge is 2.16. The van der Waals surface area contributed by atoms with Gasteiger partial charge in [0.15, 0.2) is 0 Å². The number of ether oxygens (including phenoxy) is 3. The summed E-state index contributed by atoms with van der Waals surface area (Å²) >= 11 is 3.64. The quantitative estimate of drug-likeness (QED) is 0.136. The van der Waals surface area contributed by atoms with Crippen molar-refractivity contribution in [3.8, 4) is 11.5 Å². The summed E-state index contributed by atoms with van der Waals surface area (Å²) < 4.78 is 23.9. The molecule has 0 saturated heterocycles. The molecule has 1 heterocycles. The predicted molar refractivity (Wildman–Crippen MR) is 171 cm³/mol. The molecule has 1 N–H and O–H groups in total. The summed E-state index contributed by atoms with van der Waals surface area (Å²) in [6, 6.07) is 28.1. The normalized spacial score (nSPS) is 11.7. The first-order valence-corrected chi connectivity index (χ1v) is 15.2. The van der Waals surface area contributed by atoms with Gasteiger partial charge >= 0.3 is 11.9 Å². The maximum absolute atomic E-state index is 12.5. The summed E-state index contributed by atoms with van der Waals surface area (Å²) in [6.45, 7) is 4.27. The van der Waals surface area contributed by atoms with Gasteiger partial charge in [-0.25, -0.2) is 0 Å². The summed E-state index contributed by atoms with van der Waals surface area (Å²) in [5, 5.41) is 10.9. The van der Waals surface area contributed by atoms with Crippen LogP contribution in [0.4, 0.5) is 0 Å². The zero-order valence-electron chi connectivity index (χ0n) is 24.5. The maximum Gasteiger partial charge on any atom is 0.311 e. The van der Waals surface area contributed by atoms with E-state index in [1.165, 1.54) is 0 Å². The van der Waals surface area contributed by atoms with E-state index in [1.807, 2.05) is 73.7 Å². The van der Waals surface area contributed by atoms with Crippen molar-refractivity contribution < 1.29 is 33.3 Å². The predicted octanol–water partition coefficient (Wildman–Crippen LogP) is 8.02. The molecule has 0 spiro atoms. The molecule has 226 valence electrons. The molecule has 0 radical (unpaired) electrons. The van der Waals surface area contributed by atoms with Crippen LogP contribution in [-0.4, -0.2) is 23.7 Å². The Morgan fingerprint density at radius 3 is 2.41 bits per heavy atom. The van der Waals surface area contributed by atoms with E-state index in [0.29, 0.717) is 30.9 Å². The molecule has 5 aromatic rings. The summed E-state index contributed by atoms with van der Waals surface area (Å²) in [5.74, 6) is 0.813. The van der Waals surface area contributed by atoms with Crippen molar-refractivity contribution in [3.63, 3.8) is 0 Å². The van der Waals surface area contributed by atoms with E-state index in [2.05, 4.69) is 15.9 Å². The molecule has 0 amide bonds. The molecule has 0 saturated carbocycles. The van der Waals surface area contributed by atoms with Gasteiger partial charge in [-0.3, -0.25) is 9.59 Å². The fraction of sp³-hybridized carbons (Fsp3) is 0.222. The van der Waals surface area contributed by atoms with Gasteiger partial charge in [0.05, 0.1) is 23.9 Å². The summed E-state index contributed by atoms with van der Waals surface area (Å²) in [7, 11) is 0. The molecule has 1 unspecified atom stereocenters. The first kappa shape index (κ1) is 30.9. The van der Waals surface area contributed by atoms with Crippen molar-refractivity contribution >= 4 is 38.8 Å². The van der Waals surface area contributed by atoms with Crippen molar-refractivity contribution in [2.75, 3.05) is 6.61 Å². The Balaban J connectivity index is 1.24. The summed E-state index contributed by atoms with van der Waals surface area (Å²) in [4.78, 5) is 24.5. The van der Waals surface area contributed by atoms with E-state index >= 15 is 0 Å². The summed E-state index contributed by atoms with van der Waals surface area (Å²) in [5.41, 5.74) is 4.89. The van der Waals surface area contributed by atoms with Gasteiger partial charge in [0.25, 0.3) is 0 Å². The number of esters is 2. The highest BCUT2D eigenvalue weighted by Crippen LogP contribution is 2.31. The number of halogens is 1. The van der Waals surface area contributed by atoms with Gasteiger partial charge in [0.2, 0.25) is 0 Å². The number of phenolic OH excluding ortho intramolecular Hbond substituents is 1. The van der Waals surface area contributed by atoms with Crippen LogP contribution < -0.4 is 4.74 Å². The van der Waals surface area contributed by atoms with E-state index in [0.717, 1.165) is 43.5 Å². The van der Waals surface area contributed by atoms with E-state index < -0.39 is 12.1 Å². The topological polar surface area (TPSA) is 95.2 Å². The lowest BCUT2D eigenvalue weighted by molar-refractivity contribution is -0.147. The number of fused-ring (bicyclic) bond motifs is 1. The average Bonchev–Trinajstić information content (AvgIpc) is 3.41. The van der Waals surface area contributed by atoms with Crippen molar-refractivity contribution in [2.45, 2.75) is 45.8 Å². The van der Waals surface area contributed by atoms with Gasteiger partial charge in [-0.05, 0) is 76.8 Å². The maximum atomic E-state index is 12.5. The van der Waals surface area contributed by atoms with Crippen LogP contribution >= 0.6 is 15.9 Å². The molecule has 0 aliphatic rings. The number of carbonyl (C=O) groups is 2. The third-order valence-electron chi connectivity index (χ3n) is 7.12. The number of hydrogen-bond acceptors (Lipinski definition) is 7. The minimum Gasteiger partial charge on any atom is -0.508 e. The molecule has 1 atom stereocenters. The van der Waals surface area contributed by atoms with E-state index in [9.17, 15) is 14.7 Å². The Bertz CT molecular complexity index is 1770. The van der Waals surface area contributed by atoms with Crippen LogP contribution in [0.5, 0.6) is 11.5 Å². The minimum atomic E-state index is -0.455. The zero-order valence-corrected chi connectivity index (χ0v) is 26.1. The van der Waals surface area contributed by atoms with Gasteiger partial charge in [0, 0.05) is 22.9 Å². The molecule has 0 aliphatic carbocycles. The molecule has 7 nitrogen and oxygen atoms in total. The second-order valence-electron chi connectivity index (χ2n) is 10.4. The Hall–Kier alpha value is -4.56. The van der Waals surface area contributed by atoms with Crippen LogP contribution in [0.2, 0.25) is 0 Å². The fourth-order valence-corrected chi connectivity index (χ4v) is 5.60. The zero-order chi connectivity index (χ0) is 31.1. The molecular formula is C36H33BrO7. The van der Waals surface area contributed by atoms with Crippen molar-refractivity contribution in [1.29, 1.82) is 0 Å². The fourth-order valence-electron chi connectivity index (χ4n) is 4.99. The Morgan fingerprint density at radius 2 is 1.61 bits per heavy atom. The van der Waals surface area contributed by atoms with Crippen LogP contribution in [0.3, 0.4) is 0 Å². The second kappa shape index (κ2) is 14.3. The first-order valence-electron chi connectivity index (χ1n) is 14.4.